The lowest BCUT2D eigenvalue weighted by Crippen LogP contribution is -2.37. The number of benzene rings is 3. The van der Waals surface area contributed by atoms with Crippen LogP contribution >= 0.6 is 0 Å². The lowest BCUT2D eigenvalue weighted by atomic mass is 9.93. The van der Waals surface area contributed by atoms with Crippen LogP contribution in [0.4, 0.5) is 0 Å². The minimum absolute atomic E-state index is 0.765. The first kappa shape index (κ1) is 19.7. The molecule has 4 heteroatoms. The fraction of sp³-hybridized carbons (Fsp3) is 0.360. The van der Waals surface area contributed by atoms with E-state index < -0.39 is 0 Å². The maximum atomic E-state index is 5.78. The van der Waals surface area contributed by atoms with Gasteiger partial charge in [-0.25, -0.2) is 0 Å². The first-order valence-corrected chi connectivity index (χ1v) is 10.2. The maximum absolute atomic E-state index is 5.78. The van der Waals surface area contributed by atoms with Gasteiger partial charge in [-0.05, 0) is 46.9 Å². The average molecular weight is 392 g/mol. The Balaban J connectivity index is 1.67. The molecule has 0 spiro atoms. The Morgan fingerprint density at radius 2 is 1.69 bits per heavy atom. The zero-order valence-corrected chi connectivity index (χ0v) is 17.5. The molecule has 1 heterocycles. The first-order chi connectivity index (χ1) is 14.2. The lowest BCUT2D eigenvalue weighted by molar-refractivity contribution is 0.0384. The van der Waals surface area contributed by atoms with E-state index in [4.69, 9.17) is 14.2 Å². The summed E-state index contributed by atoms with van der Waals surface area (Å²) in [6, 6.07) is 17.3. The van der Waals surface area contributed by atoms with Crippen molar-refractivity contribution in [3.63, 3.8) is 0 Å². The van der Waals surface area contributed by atoms with Crippen LogP contribution in [0.5, 0.6) is 11.5 Å². The van der Waals surface area contributed by atoms with Gasteiger partial charge < -0.3 is 14.2 Å². The number of methoxy groups -OCH3 is 2. The van der Waals surface area contributed by atoms with Crippen molar-refractivity contribution >= 4 is 10.8 Å². The third kappa shape index (κ3) is 4.09. The Hall–Kier alpha value is -2.56. The summed E-state index contributed by atoms with van der Waals surface area (Å²) >= 11 is 0. The van der Waals surface area contributed by atoms with Gasteiger partial charge in [0.15, 0.2) is 11.5 Å². The van der Waals surface area contributed by atoms with Gasteiger partial charge in [-0.3, -0.25) is 4.90 Å². The molecule has 4 nitrogen and oxygen atoms in total. The highest BCUT2D eigenvalue weighted by molar-refractivity contribution is 6.03. The minimum atomic E-state index is 0.765. The molecule has 29 heavy (non-hydrogen) atoms. The number of aryl methyl sites for hydroxylation is 1. The molecular formula is C25H29NO3. The van der Waals surface area contributed by atoms with Gasteiger partial charge in [-0.2, -0.15) is 0 Å². The van der Waals surface area contributed by atoms with E-state index in [9.17, 15) is 0 Å². The third-order valence-corrected chi connectivity index (χ3v) is 5.81. The molecule has 0 atom stereocenters. The zero-order valence-electron chi connectivity index (χ0n) is 17.5. The summed E-state index contributed by atoms with van der Waals surface area (Å²) in [4.78, 5) is 2.47. The zero-order chi connectivity index (χ0) is 20.2. The number of fused-ring (bicyclic) bond motifs is 1. The Labute approximate surface area is 173 Å². The molecule has 0 radical (unpaired) electrons. The summed E-state index contributed by atoms with van der Waals surface area (Å²) in [5.41, 5.74) is 4.81. The van der Waals surface area contributed by atoms with Gasteiger partial charge in [0.1, 0.15) is 0 Å². The summed E-state index contributed by atoms with van der Waals surface area (Å²) in [6.07, 6.45) is 1.05. The highest BCUT2D eigenvalue weighted by atomic mass is 16.5. The van der Waals surface area contributed by atoms with Gasteiger partial charge >= 0.3 is 0 Å². The fourth-order valence-corrected chi connectivity index (χ4v) is 4.12. The van der Waals surface area contributed by atoms with E-state index in [0.717, 1.165) is 61.9 Å². The van der Waals surface area contributed by atoms with Crippen molar-refractivity contribution in [3.05, 3.63) is 59.7 Å². The Bertz CT molecular complexity index is 976. The van der Waals surface area contributed by atoms with Crippen LogP contribution in [-0.4, -0.2) is 52.0 Å². The van der Waals surface area contributed by atoms with Crippen LogP contribution in [0.25, 0.3) is 21.9 Å². The molecule has 3 aromatic rings. The SMILES string of the molecule is COc1cc2c(C)cccc2c(-c2ccc(CCN3CCOCC3)cc2)c1OC. The summed E-state index contributed by atoms with van der Waals surface area (Å²) in [5.74, 6) is 1.55. The van der Waals surface area contributed by atoms with E-state index >= 15 is 0 Å². The van der Waals surface area contributed by atoms with Crippen molar-refractivity contribution < 1.29 is 14.2 Å². The first-order valence-electron chi connectivity index (χ1n) is 10.2. The van der Waals surface area contributed by atoms with Gasteiger partial charge in [-0.15, -0.1) is 0 Å². The van der Waals surface area contributed by atoms with Crippen LogP contribution in [0.2, 0.25) is 0 Å². The number of ether oxygens (including phenoxy) is 3. The molecule has 3 aromatic carbocycles. The molecule has 0 amide bonds. The predicted molar refractivity (Wildman–Crippen MR) is 118 cm³/mol. The molecule has 1 aliphatic heterocycles. The van der Waals surface area contributed by atoms with Gasteiger partial charge in [0.05, 0.1) is 27.4 Å². The summed E-state index contributed by atoms with van der Waals surface area (Å²) in [5, 5.41) is 2.38. The molecule has 1 aliphatic rings. The lowest BCUT2D eigenvalue weighted by Gasteiger charge is -2.26. The Morgan fingerprint density at radius 3 is 2.38 bits per heavy atom. The molecule has 1 saturated heterocycles. The van der Waals surface area contributed by atoms with Crippen LogP contribution in [0.1, 0.15) is 11.1 Å². The van der Waals surface area contributed by atoms with Crippen molar-refractivity contribution in [2.45, 2.75) is 13.3 Å². The summed E-state index contributed by atoms with van der Waals surface area (Å²) < 4.78 is 16.9. The summed E-state index contributed by atoms with van der Waals surface area (Å²) in [6.45, 7) is 6.97. The van der Waals surface area contributed by atoms with E-state index in [2.05, 4.69) is 60.4 Å². The minimum Gasteiger partial charge on any atom is -0.493 e. The van der Waals surface area contributed by atoms with Crippen molar-refractivity contribution in [1.29, 1.82) is 0 Å². The smallest absolute Gasteiger partial charge is 0.169 e. The molecule has 0 aliphatic carbocycles. The molecule has 0 aromatic heterocycles. The quantitative estimate of drug-likeness (QED) is 0.609. The van der Waals surface area contributed by atoms with Crippen molar-refractivity contribution in [2.75, 3.05) is 47.1 Å². The van der Waals surface area contributed by atoms with Crippen LogP contribution in [-0.2, 0) is 11.2 Å². The van der Waals surface area contributed by atoms with Gasteiger partial charge in [0.25, 0.3) is 0 Å². The molecule has 0 bridgehead atoms. The van der Waals surface area contributed by atoms with E-state index in [0.29, 0.717) is 0 Å². The second kappa shape index (κ2) is 8.85. The molecular weight excluding hydrogens is 362 g/mol. The summed E-state index contributed by atoms with van der Waals surface area (Å²) in [7, 11) is 3.40. The molecule has 4 rings (SSSR count). The molecule has 0 unspecified atom stereocenters. The number of nitrogens with zero attached hydrogens (tertiary/aromatic N) is 1. The largest absolute Gasteiger partial charge is 0.493 e. The number of rotatable bonds is 6. The van der Waals surface area contributed by atoms with Crippen molar-refractivity contribution in [3.8, 4) is 22.6 Å². The van der Waals surface area contributed by atoms with E-state index in [1.807, 2.05) is 0 Å². The number of hydrogen-bond acceptors (Lipinski definition) is 4. The Kier molecular flexibility index (Phi) is 6.02. The van der Waals surface area contributed by atoms with E-state index in [-0.39, 0.29) is 0 Å². The van der Waals surface area contributed by atoms with Gasteiger partial charge in [-0.1, -0.05) is 42.5 Å². The maximum Gasteiger partial charge on any atom is 0.169 e. The second-order valence-corrected chi connectivity index (χ2v) is 7.56. The normalized spacial score (nSPS) is 14.9. The molecule has 0 N–H and O–H groups in total. The fourth-order valence-electron chi connectivity index (χ4n) is 4.12. The van der Waals surface area contributed by atoms with Crippen LogP contribution in [0, 0.1) is 6.92 Å². The second-order valence-electron chi connectivity index (χ2n) is 7.56. The number of hydrogen-bond donors (Lipinski definition) is 0. The molecule has 1 fully saturated rings. The van der Waals surface area contributed by atoms with E-state index in [1.54, 1.807) is 14.2 Å². The molecule has 152 valence electrons. The standard InChI is InChI=1S/C25H29NO3/c1-18-5-4-6-21-22(18)17-23(27-2)25(28-3)24(21)20-9-7-19(8-10-20)11-12-26-13-15-29-16-14-26/h4-10,17H,11-16H2,1-3H3. The monoisotopic (exact) mass is 391 g/mol. The van der Waals surface area contributed by atoms with Crippen LogP contribution < -0.4 is 9.47 Å². The van der Waals surface area contributed by atoms with Crippen molar-refractivity contribution in [2.24, 2.45) is 0 Å². The van der Waals surface area contributed by atoms with Crippen molar-refractivity contribution in [1.82, 2.24) is 4.90 Å². The molecule has 0 saturated carbocycles. The predicted octanol–water partition coefficient (Wildman–Crippen LogP) is 4.71. The third-order valence-electron chi connectivity index (χ3n) is 5.81. The van der Waals surface area contributed by atoms with E-state index in [1.165, 1.54) is 21.9 Å². The topological polar surface area (TPSA) is 30.9 Å². The van der Waals surface area contributed by atoms with Crippen LogP contribution in [0.3, 0.4) is 0 Å². The van der Waals surface area contributed by atoms with Gasteiger partial charge in [0, 0.05) is 25.2 Å². The highest BCUT2D eigenvalue weighted by Crippen LogP contribution is 2.44. The van der Waals surface area contributed by atoms with Crippen LogP contribution in [0.15, 0.2) is 48.5 Å². The highest BCUT2D eigenvalue weighted by Gasteiger charge is 2.17. The average Bonchev–Trinajstić information content (AvgIpc) is 2.78. The van der Waals surface area contributed by atoms with Gasteiger partial charge in [0.2, 0.25) is 0 Å². The Morgan fingerprint density at radius 1 is 0.931 bits per heavy atom. The number of morpholine rings is 1.